The minimum absolute atomic E-state index is 0. The van der Waals surface area contributed by atoms with Gasteiger partial charge < -0.3 is 5.32 Å². The van der Waals surface area contributed by atoms with Crippen LogP contribution >= 0.6 is 12.4 Å². The van der Waals surface area contributed by atoms with Gasteiger partial charge >= 0.3 is 0 Å². The van der Waals surface area contributed by atoms with Crippen LogP contribution in [0.25, 0.3) is 0 Å². The van der Waals surface area contributed by atoms with Gasteiger partial charge in [0.05, 0.1) is 4.90 Å². The lowest BCUT2D eigenvalue weighted by Gasteiger charge is -2.28. The largest absolute Gasteiger partial charge is 0.314 e. The Bertz CT molecular complexity index is 768. The number of hydrogen-bond acceptors (Lipinski definition) is 5. The second kappa shape index (κ2) is 7.43. The minimum atomic E-state index is -3.88. The molecule has 2 rings (SSSR count). The molecule has 1 fully saturated rings. The van der Waals surface area contributed by atoms with Crippen LogP contribution in [-0.2, 0) is 19.9 Å². The molecule has 0 saturated carbocycles. The summed E-state index contributed by atoms with van der Waals surface area (Å²) in [5.41, 5.74) is 0. The molecule has 0 spiro atoms. The van der Waals surface area contributed by atoms with Crippen molar-refractivity contribution in [3.8, 4) is 0 Å². The fourth-order valence-corrected chi connectivity index (χ4v) is 4.50. The predicted octanol–water partition coefficient (Wildman–Crippen LogP) is 1.07. The van der Waals surface area contributed by atoms with Gasteiger partial charge in [-0.2, -0.15) is 0 Å². The lowest BCUT2D eigenvalue weighted by Crippen LogP contribution is -2.46. The van der Waals surface area contributed by atoms with Crippen molar-refractivity contribution < 1.29 is 21.2 Å². The van der Waals surface area contributed by atoms with Crippen molar-refractivity contribution in [3.05, 3.63) is 24.0 Å². The Labute approximate surface area is 142 Å². The summed E-state index contributed by atoms with van der Waals surface area (Å²) in [6, 6.07) is 2.80. The van der Waals surface area contributed by atoms with Gasteiger partial charge in [-0.15, -0.1) is 12.4 Å². The van der Waals surface area contributed by atoms with Gasteiger partial charge in [0.1, 0.15) is 10.7 Å². The normalized spacial score (nSPS) is 22.4. The first kappa shape index (κ1) is 20.3. The van der Waals surface area contributed by atoms with Crippen LogP contribution in [-0.4, -0.2) is 41.7 Å². The summed E-state index contributed by atoms with van der Waals surface area (Å²) in [5, 5.41) is 3.21. The van der Waals surface area contributed by atoms with Crippen LogP contribution in [0.4, 0.5) is 4.39 Å². The van der Waals surface area contributed by atoms with Crippen molar-refractivity contribution in [2.75, 3.05) is 12.8 Å². The summed E-state index contributed by atoms with van der Waals surface area (Å²) in [6.07, 6.45) is 2.16. The van der Waals surface area contributed by atoms with Gasteiger partial charge in [-0.3, -0.25) is 0 Å². The van der Waals surface area contributed by atoms with Gasteiger partial charge in [0.2, 0.25) is 10.0 Å². The van der Waals surface area contributed by atoms with Crippen molar-refractivity contribution in [2.45, 2.75) is 41.6 Å². The Kier molecular flexibility index (Phi) is 6.56. The van der Waals surface area contributed by atoms with E-state index < -0.39 is 30.6 Å². The fraction of sp³-hybridized carbons (Fsp3) is 0.538. The first-order valence-corrected chi connectivity index (χ1v) is 10.2. The van der Waals surface area contributed by atoms with Gasteiger partial charge in [-0.1, -0.05) is 0 Å². The Morgan fingerprint density at radius 2 is 1.91 bits per heavy atom. The second-order valence-corrected chi connectivity index (χ2v) is 9.26. The summed E-state index contributed by atoms with van der Waals surface area (Å²) < 4.78 is 63.6. The third-order valence-corrected chi connectivity index (χ3v) is 6.21. The lowest BCUT2D eigenvalue weighted by molar-refractivity contribution is 0.361. The molecule has 0 aromatic heterocycles. The van der Waals surface area contributed by atoms with Gasteiger partial charge in [0.15, 0.2) is 9.84 Å². The molecule has 1 aliphatic heterocycles. The molecule has 10 heteroatoms. The van der Waals surface area contributed by atoms with Crippen molar-refractivity contribution in [1.29, 1.82) is 0 Å². The van der Waals surface area contributed by atoms with E-state index in [2.05, 4.69) is 10.0 Å². The standard InChI is InChI=1S/C13H19FN2O4S2.ClH/c1-9-7-10(5-6-15-9)16-22(19,20)11-3-4-13(12(14)8-11)21(2,17)18;/h3-4,8-10,15-16H,5-7H2,1-2H3;1H. The van der Waals surface area contributed by atoms with Crippen molar-refractivity contribution in [3.63, 3.8) is 0 Å². The van der Waals surface area contributed by atoms with Crippen molar-refractivity contribution in [1.82, 2.24) is 10.0 Å². The van der Waals surface area contributed by atoms with Crippen LogP contribution in [0.3, 0.4) is 0 Å². The number of sulfonamides is 1. The highest BCUT2D eigenvalue weighted by Gasteiger charge is 2.25. The molecule has 23 heavy (non-hydrogen) atoms. The Hall–Kier alpha value is -0.740. The molecule has 2 atom stereocenters. The molecule has 2 unspecified atom stereocenters. The molecule has 0 amide bonds. The van der Waals surface area contributed by atoms with Gasteiger partial charge in [0.25, 0.3) is 0 Å². The third-order valence-electron chi connectivity index (χ3n) is 3.56. The molecule has 0 aliphatic carbocycles. The quantitative estimate of drug-likeness (QED) is 0.807. The number of sulfone groups is 1. The summed E-state index contributed by atoms with van der Waals surface area (Å²) in [6.45, 7) is 2.66. The average molecular weight is 387 g/mol. The predicted molar refractivity (Wildman–Crippen MR) is 87.6 cm³/mol. The van der Waals surface area contributed by atoms with Crippen LogP contribution in [0, 0.1) is 5.82 Å². The first-order chi connectivity index (χ1) is 10.1. The van der Waals surface area contributed by atoms with E-state index in [1.807, 2.05) is 6.92 Å². The van der Waals surface area contributed by atoms with E-state index in [1.54, 1.807) is 0 Å². The minimum Gasteiger partial charge on any atom is -0.314 e. The maximum absolute atomic E-state index is 13.8. The molecule has 2 N–H and O–H groups in total. The Morgan fingerprint density at radius 3 is 2.43 bits per heavy atom. The summed E-state index contributed by atoms with van der Waals surface area (Å²) in [4.78, 5) is -0.787. The monoisotopic (exact) mass is 386 g/mol. The third kappa shape index (κ3) is 5.12. The fourth-order valence-electron chi connectivity index (χ4n) is 2.48. The topological polar surface area (TPSA) is 92.3 Å². The number of hydrogen-bond donors (Lipinski definition) is 2. The van der Waals surface area contributed by atoms with Crippen LogP contribution in [0.5, 0.6) is 0 Å². The van der Waals surface area contributed by atoms with Gasteiger partial charge in [-0.05, 0) is 44.5 Å². The number of benzene rings is 1. The van der Waals surface area contributed by atoms with E-state index in [4.69, 9.17) is 0 Å². The zero-order chi connectivity index (χ0) is 16.5. The van der Waals surface area contributed by atoms with Crippen molar-refractivity contribution in [2.24, 2.45) is 0 Å². The van der Waals surface area contributed by atoms with Crippen LogP contribution < -0.4 is 10.0 Å². The molecule has 1 heterocycles. The molecule has 0 radical (unpaired) electrons. The number of piperidine rings is 1. The summed E-state index contributed by atoms with van der Waals surface area (Å²) >= 11 is 0. The molecule has 6 nitrogen and oxygen atoms in total. The molecule has 1 aromatic carbocycles. The smallest absolute Gasteiger partial charge is 0.240 e. The van der Waals surface area contributed by atoms with E-state index >= 15 is 0 Å². The second-order valence-electron chi connectivity index (χ2n) is 5.56. The maximum atomic E-state index is 13.8. The van der Waals surface area contributed by atoms with E-state index in [9.17, 15) is 21.2 Å². The molecular weight excluding hydrogens is 367 g/mol. The first-order valence-electron chi connectivity index (χ1n) is 6.85. The molecule has 1 aliphatic rings. The highest BCUT2D eigenvalue weighted by atomic mass is 35.5. The van der Waals surface area contributed by atoms with Crippen LogP contribution in [0.2, 0.25) is 0 Å². The summed E-state index contributed by atoms with van der Waals surface area (Å²) in [7, 11) is -7.61. The van der Waals surface area contributed by atoms with Gasteiger partial charge in [-0.25, -0.2) is 25.9 Å². The summed E-state index contributed by atoms with van der Waals surface area (Å²) in [5.74, 6) is -1.07. The molecule has 132 valence electrons. The van der Waals surface area contributed by atoms with Crippen LogP contribution in [0.15, 0.2) is 28.0 Å². The Balaban J connectivity index is 0.00000264. The lowest BCUT2D eigenvalue weighted by atomic mass is 10.0. The zero-order valence-electron chi connectivity index (χ0n) is 12.7. The van der Waals surface area contributed by atoms with E-state index in [0.29, 0.717) is 19.4 Å². The molecular formula is C13H20ClFN2O4S2. The van der Waals surface area contributed by atoms with Crippen LogP contribution in [0.1, 0.15) is 19.8 Å². The SMILES string of the molecule is CC1CC(NS(=O)(=O)c2ccc(S(C)(=O)=O)c(F)c2)CCN1.Cl. The van der Waals surface area contributed by atoms with E-state index in [1.165, 1.54) is 0 Å². The van der Waals surface area contributed by atoms with Gasteiger partial charge in [0, 0.05) is 18.3 Å². The molecule has 0 bridgehead atoms. The Morgan fingerprint density at radius 1 is 1.26 bits per heavy atom. The zero-order valence-corrected chi connectivity index (χ0v) is 15.2. The highest BCUT2D eigenvalue weighted by Crippen LogP contribution is 2.20. The number of rotatable bonds is 4. The average Bonchev–Trinajstić information content (AvgIpc) is 2.36. The number of halogens is 2. The highest BCUT2D eigenvalue weighted by molar-refractivity contribution is 7.90. The van der Waals surface area contributed by atoms with E-state index in [0.717, 1.165) is 24.5 Å². The number of nitrogens with one attached hydrogen (secondary N) is 2. The van der Waals surface area contributed by atoms with E-state index in [-0.39, 0.29) is 29.4 Å². The molecule has 1 saturated heterocycles. The maximum Gasteiger partial charge on any atom is 0.240 e. The molecule has 1 aromatic rings. The van der Waals surface area contributed by atoms with Crippen molar-refractivity contribution >= 4 is 32.3 Å².